The summed E-state index contributed by atoms with van der Waals surface area (Å²) in [6.07, 6.45) is 4.61. The molecule has 8 heteroatoms. The Kier molecular flexibility index (Phi) is 5.44. The lowest BCUT2D eigenvalue weighted by Gasteiger charge is -2.34. The second-order valence-corrected chi connectivity index (χ2v) is 7.66. The van der Waals surface area contributed by atoms with Gasteiger partial charge in [-0.3, -0.25) is 4.68 Å². The predicted molar refractivity (Wildman–Crippen MR) is 113 cm³/mol. The minimum atomic E-state index is -0.468. The van der Waals surface area contributed by atoms with E-state index < -0.39 is 5.82 Å². The van der Waals surface area contributed by atoms with E-state index in [4.69, 9.17) is 0 Å². The summed E-state index contributed by atoms with van der Waals surface area (Å²) in [4.78, 5) is 13.2. The van der Waals surface area contributed by atoms with Crippen LogP contribution in [0.25, 0.3) is 11.3 Å². The molecule has 0 aliphatic carbocycles. The van der Waals surface area contributed by atoms with Crippen LogP contribution in [0.5, 0.6) is 0 Å². The van der Waals surface area contributed by atoms with Gasteiger partial charge >= 0.3 is 0 Å². The highest BCUT2D eigenvalue weighted by Gasteiger charge is 2.15. The van der Waals surface area contributed by atoms with E-state index in [9.17, 15) is 4.39 Å². The van der Waals surface area contributed by atoms with Crippen molar-refractivity contribution < 1.29 is 4.39 Å². The molecule has 0 radical (unpaired) electrons. The maximum Gasteiger partial charge on any atom is 0.227 e. The number of hydrogen-bond donors (Lipinski definition) is 1. The lowest BCUT2D eigenvalue weighted by Crippen LogP contribution is -2.44. The number of hydrogen-bond acceptors (Lipinski definition) is 6. The maximum absolute atomic E-state index is 14.3. The number of piperazine rings is 1. The zero-order valence-electron chi connectivity index (χ0n) is 17.0. The quantitative estimate of drug-likeness (QED) is 0.713. The third-order valence-electron chi connectivity index (χ3n) is 5.14. The molecule has 1 aliphatic heterocycles. The molecule has 1 aromatic carbocycles. The van der Waals surface area contributed by atoms with E-state index in [-0.39, 0.29) is 11.7 Å². The van der Waals surface area contributed by atoms with Crippen LogP contribution in [0.4, 0.5) is 21.7 Å². The summed E-state index contributed by atoms with van der Waals surface area (Å²) in [5.74, 6) is -0.115. The fourth-order valence-corrected chi connectivity index (χ4v) is 3.32. The Balaban J connectivity index is 1.49. The van der Waals surface area contributed by atoms with Crippen molar-refractivity contribution in [2.75, 3.05) is 43.4 Å². The van der Waals surface area contributed by atoms with Gasteiger partial charge in [-0.2, -0.15) is 5.10 Å². The fourth-order valence-electron chi connectivity index (χ4n) is 3.32. The first-order valence-electron chi connectivity index (χ1n) is 9.87. The number of likely N-dealkylation sites (N-methyl/N-ethyl adjacent to an activating group) is 1. The van der Waals surface area contributed by atoms with Crippen LogP contribution >= 0.6 is 0 Å². The molecule has 1 N–H and O–H groups in total. The predicted octanol–water partition coefficient (Wildman–Crippen LogP) is 3.56. The van der Waals surface area contributed by atoms with Gasteiger partial charge in [-0.05, 0) is 45.2 Å². The smallest absolute Gasteiger partial charge is 0.227 e. The van der Waals surface area contributed by atoms with Crippen molar-refractivity contribution in [1.82, 2.24) is 24.6 Å². The van der Waals surface area contributed by atoms with Crippen molar-refractivity contribution in [3.63, 3.8) is 0 Å². The van der Waals surface area contributed by atoms with Gasteiger partial charge in [-0.25, -0.2) is 14.4 Å². The van der Waals surface area contributed by atoms with Crippen molar-refractivity contribution in [3.05, 3.63) is 48.7 Å². The summed E-state index contributed by atoms with van der Waals surface area (Å²) in [7, 11) is 2.15. The van der Waals surface area contributed by atoms with Gasteiger partial charge in [0.1, 0.15) is 5.69 Å². The lowest BCUT2D eigenvalue weighted by molar-refractivity contribution is 0.313. The summed E-state index contributed by atoms with van der Waals surface area (Å²) < 4.78 is 16.1. The number of benzene rings is 1. The Morgan fingerprint density at radius 3 is 2.41 bits per heavy atom. The van der Waals surface area contributed by atoms with Crippen LogP contribution in [0.2, 0.25) is 0 Å². The largest absolute Gasteiger partial charge is 0.369 e. The second-order valence-electron chi connectivity index (χ2n) is 7.66. The number of halogens is 1. The van der Waals surface area contributed by atoms with Crippen LogP contribution in [0.15, 0.2) is 42.9 Å². The molecule has 0 saturated carbocycles. The zero-order valence-corrected chi connectivity index (χ0v) is 17.0. The molecule has 7 nitrogen and oxygen atoms in total. The topological polar surface area (TPSA) is 62.1 Å². The van der Waals surface area contributed by atoms with Gasteiger partial charge in [0.25, 0.3) is 0 Å². The van der Waals surface area contributed by atoms with E-state index in [0.29, 0.717) is 11.5 Å². The number of nitrogens with one attached hydrogen (secondary N) is 1. The van der Waals surface area contributed by atoms with Crippen molar-refractivity contribution >= 4 is 17.3 Å². The highest BCUT2D eigenvalue weighted by molar-refractivity contribution is 5.63. The molecule has 152 valence electrons. The number of rotatable bonds is 5. The Morgan fingerprint density at radius 2 is 1.76 bits per heavy atom. The average Bonchev–Trinajstić information content (AvgIpc) is 3.21. The third kappa shape index (κ3) is 4.37. The lowest BCUT2D eigenvalue weighted by atomic mass is 10.2. The molecule has 2 aromatic heterocycles. The monoisotopic (exact) mass is 395 g/mol. The van der Waals surface area contributed by atoms with Crippen LogP contribution in [0.3, 0.4) is 0 Å². The highest BCUT2D eigenvalue weighted by Crippen LogP contribution is 2.24. The van der Waals surface area contributed by atoms with Crippen molar-refractivity contribution in [2.24, 2.45) is 0 Å². The first-order chi connectivity index (χ1) is 14.0. The summed E-state index contributed by atoms with van der Waals surface area (Å²) in [6.45, 7) is 8.23. The first kappa shape index (κ1) is 19.3. The standard InChI is InChI=1S/C21H26FN7/c1-15(2)29-14-16(12-24-29)20-19(22)13-23-21(26-20)25-17-4-6-18(7-5-17)28-10-8-27(3)9-11-28/h4-7,12-15H,8-11H2,1-3H3,(H,23,25,26). The Hall–Kier alpha value is -3.00. The molecule has 3 heterocycles. The van der Waals surface area contributed by atoms with E-state index in [1.165, 1.54) is 11.9 Å². The van der Waals surface area contributed by atoms with Crippen LogP contribution in [-0.2, 0) is 0 Å². The first-order valence-corrected chi connectivity index (χ1v) is 9.87. The molecule has 4 rings (SSSR count). The molecule has 1 fully saturated rings. The Labute approximate surface area is 170 Å². The van der Waals surface area contributed by atoms with Gasteiger partial charge in [0.15, 0.2) is 5.82 Å². The molecule has 0 atom stereocenters. The molecule has 29 heavy (non-hydrogen) atoms. The zero-order chi connectivity index (χ0) is 20.4. The Bertz CT molecular complexity index is 959. The third-order valence-corrected chi connectivity index (χ3v) is 5.14. The number of aromatic nitrogens is 4. The summed E-state index contributed by atoms with van der Waals surface area (Å²) in [6, 6.07) is 8.37. The van der Waals surface area contributed by atoms with E-state index in [2.05, 4.69) is 49.4 Å². The van der Waals surface area contributed by atoms with Gasteiger partial charge in [0, 0.05) is 55.4 Å². The highest BCUT2D eigenvalue weighted by atomic mass is 19.1. The van der Waals surface area contributed by atoms with Crippen LogP contribution in [0.1, 0.15) is 19.9 Å². The Morgan fingerprint density at radius 1 is 1.03 bits per heavy atom. The number of nitrogens with zero attached hydrogens (tertiary/aromatic N) is 6. The second kappa shape index (κ2) is 8.16. The van der Waals surface area contributed by atoms with E-state index in [1.54, 1.807) is 17.1 Å². The van der Waals surface area contributed by atoms with Gasteiger partial charge in [0.2, 0.25) is 5.95 Å². The minimum absolute atomic E-state index is 0.199. The summed E-state index contributed by atoms with van der Waals surface area (Å²) in [5, 5.41) is 7.43. The molecule has 1 aliphatic rings. The SMILES string of the molecule is CC(C)n1cc(-c2nc(Nc3ccc(N4CCN(C)CC4)cc3)ncc2F)cn1. The van der Waals surface area contributed by atoms with Gasteiger partial charge in [-0.1, -0.05) is 0 Å². The molecule has 0 unspecified atom stereocenters. The number of anilines is 3. The van der Waals surface area contributed by atoms with E-state index in [1.807, 2.05) is 26.0 Å². The summed E-state index contributed by atoms with van der Waals surface area (Å²) in [5.41, 5.74) is 2.93. The van der Waals surface area contributed by atoms with Crippen LogP contribution < -0.4 is 10.2 Å². The molecule has 0 bridgehead atoms. The molecule has 0 amide bonds. The van der Waals surface area contributed by atoms with Gasteiger partial charge in [0.05, 0.1) is 12.4 Å². The minimum Gasteiger partial charge on any atom is -0.369 e. The van der Waals surface area contributed by atoms with E-state index >= 15 is 0 Å². The molecule has 3 aromatic rings. The van der Waals surface area contributed by atoms with Crippen molar-refractivity contribution in [3.8, 4) is 11.3 Å². The van der Waals surface area contributed by atoms with Crippen molar-refractivity contribution in [1.29, 1.82) is 0 Å². The fraction of sp³-hybridized carbons (Fsp3) is 0.381. The normalized spacial score (nSPS) is 15.1. The van der Waals surface area contributed by atoms with Crippen LogP contribution in [0, 0.1) is 5.82 Å². The molecule has 1 saturated heterocycles. The molecule has 0 spiro atoms. The van der Waals surface area contributed by atoms with Gasteiger partial charge in [-0.15, -0.1) is 0 Å². The molecular weight excluding hydrogens is 369 g/mol. The van der Waals surface area contributed by atoms with Crippen LogP contribution in [-0.4, -0.2) is 57.9 Å². The van der Waals surface area contributed by atoms with Gasteiger partial charge < -0.3 is 15.1 Å². The maximum atomic E-state index is 14.3. The van der Waals surface area contributed by atoms with E-state index in [0.717, 1.165) is 31.9 Å². The summed E-state index contributed by atoms with van der Waals surface area (Å²) >= 11 is 0. The van der Waals surface area contributed by atoms with Crippen molar-refractivity contribution in [2.45, 2.75) is 19.9 Å². The average molecular weight is 395 g/mol. The molecular formula is C21H26FN7.